The molecule has 33 heavy (non-hydrogen) atoms. The third-order valence-electron chi connectivity index (χ3n) is 4.77. The van der Waals surface area contributed by atoms with Crippen molar-refractivity contribution in [3.05, 3.63) is 84.9 Å². The Hall–Kier alpha value is -3.27. The van der Waals surface area contributed by atoms with E-state index in [0.717, 1.165) is 16.7 Å². The summed E-state index contributed by atoms with van der Waals surface area (Å²) >= 11 is 12.7. The van der Waals surface area contributed by atoms with Crippen molar-refractivity contribution < 1.29 is 23.7 Å². The number of methoxy groups -OCH3 is 1. The molecule has 0 radical (unpaired) electrons. The molecule has 1 aliphatic heterocycles. The summed E-state index contributed by atoms with van der Waals surface area (Å²) < 4.78 is 10.8. The number of ether oxygens (including phenoxy) is 1. The van der Waals surface area contributed by atoms with Crippen LogP contribution in [0.2, 0.25) is 10.0 Å². The van der Waals surface area contributed by atoms with E-state index in [2.05, 4.69) is 0 Å². The van der Waals surface area contributed by atoms with Crippen LogP contribution in [-0.4, -0.2) is 28.1 Å². The number of hydrogen-bond acceptors (Lipinski definition) is 7. The molecule has 11 heteroatoms. The molecule has 0 unspecified atom stereocenters. The second-order valence-electron chi connectivity index (χ2n) is 6.86. The molecule has 2 aromatic carbocycles. The third kappa shape index (κ3) is 4.75. The van der Waals surface area contributed by atoms with Crippen LogP contribution in [-0.2, 0) is 11.3 Å². The van der Waals surface area contributed by atoms with E-state index in [4.69, 9.17) is 32.4 Å². The first kappa shape index (κ1) is 22.9. The minimum atomic E-state index is -0.533. The van der Waals surface area contributed by atoms with Gasteiger partial charge in [-0.1, -0.05) is 29.3 Å². The van der Waals surface area contributed by atoms with Crippen molar-refractivity contribution in [3.8, 4) is 17.1 Å². The number of furan rings is 1. The summed E-state index contributed by atoms with van der Waals surface area (Å²) in [6.07, 6.45) is 1.43. The van der Waals surface area contributed by atoms with Crippen molar-refractivity contribution in [3.63, 3.8) is 0 Å². The molecule has 0 atom stereocenters. The molecule has 4 rings (SSSR count). The lowest BCUT2D eigenvalue weighted by molar-refractivity contribution is -0.384. The number of carbonyl (C=O) groups excluding carboxylic acids is 2. The number of halogens is 2. The van der Waals surface area contributed by atoms with E-state index >= 15 is 0 Å². The van der Waals surface area contributed by atoms with Gasteiger partial charge in [-0.25, -0.2) is 0 Å². The molecule has 3 aromatic rings. The first-order valence-corrected chi connectivity index (χ1v) is 11.0. The molecular formula is C22H14Cl2N2O6S. The normalized spacial score (nSPS) is 14.9. The average Bonchev–Trinajstić information content (AvgIpc) is 3.36. The molecule has 1 fully saturated rings. The number of carbonyl (C=O) groups is 2. The van der Waals surface area contributed by atoms with Gasteiger partial charge in [-0.15, -0.1) is 0 Å². The number of thioether (sulfide) groups is 1. The highest BCUT2D eigenvalue weighted by Crippen LogP contribution is 2.37. The molecule has 8 nitrogen and oxygen atoms in total. The predicted octanol–water partition coefficient (Wildman–Crippen LogP) is 6.41. The van der Waals surface area contributed by atoms with Crippen molar-refractivity contribution >= 4 is 57.9 Å². The van der Waals surface area contributed by atoms with Crippen LogP contribution in [0, 0.1) is 10.1 Å². The van der Waals surface area contributed by atoms with Gasteiger partial charge in [-0.2, -0.15) is 0 Å². The largest absolute Gasteiger partial charge is 0.497 e. The van der Waals surface area contributed by atoms with Gasteiger partial charge in [-0.3, -0.25) is 24.6 Å². The number of nitro benzene ring substituents is 1. The van der Waals surface area contributed by atoms with Crippen LogP contribution >= 0.6 is 35.0 Å². The van der Waals surface area contributed by atoms with Crippen molar-refractivity contribution in [2.75, 3.05) is 7.11 Å². The summed E-state index contributed by atoms with van der Waals surface area (Å²) in [6, 6.07) is 12.4. The number of nitro groups is 1. The summed E-state index contributed by atoms with van der Waals surface area (Å²) in [4.78, 5) is 37.4. The SMILES string of the molecule is COc1ccc(-c2ccc(/C=C3/SC(=O)N(Cc4ccc(Cl)c(Cl)c4)C3=O)o2)c([N+](=O)[O-])c1. The lowest BCUT2D eigenvalue weighted by Crippen LogP contribution is -2.27. The van der Waals surface area contributed by atoms with Gasteiger partial charge in [0, 0.05) is 6.08 Å². The fourth-order valence-electron chi connectivity index (χ4n) is 3.16. The number of imide groups is 1. The van der Waals surface area contributed by atoms with Crippen molar-refractivity contribution in [1.29, 1.82) is 0 Å². The number of amides is 2. The number of benzene rings is 2. The van der Waals surface area contributed by atoms with Gasteiger partial charge < -0.3 is 9.15 Å². The van der Waals surface area contributed by atoms with E-state index in [1.807, 2.05) is 0 Å². The van der Waals surface area contributed by atoms with E-state index in [1.54, 1.807) is 36.4 Å². The van der Waals surface area contributed by atoms with Gasteiger partial charge in [0.1, 0.15) is 17.3 Å². The molecular weight excluding hydrogens is 491 g/mol. The molecule has 0 saturated carbocycles. The zero-order valence-corrected chi connectivity index (χ0v) is 19.2. The number of nitrogens with zero attached hydrogens (tertiary/aromatic N) is 2. The fraction of sp³-hybridized carbons (Fsp3) is 0.0909. The predicted molar refractivity (Wildman–Crippen MR) is 125 cm³/mol. The second-order valence-corrected chi connectivity index (χ2v) is 8.67. The second kappa shape index (κ2) is 9.30. The summed E-state index contributed by atoms with van der Waals surface area (Å²) in [6.45, 7) is 0.0420. The Balaban J connectivity index is 1.57. The molecule has 168 valence electrons. The average molecular weight is 505 g/mol. The minimum Gasteiger partial charge on any atom is -0.497 e. The Morgan fingerprint density at radius 1 is 1.12 bits per heavy atom. The van der Waals surface area contributed by atoms with Gasteiger partial charge in [0.05, 0.1) is 45.2 Å². The third-order valence-corrected chi connectivity index (χ3v) is 6.41. The molecule has 0 aliphatic carbocycles. The molecule has 0 spiro atoms. The highest BCUT2D eigenvalue weighted by Gasteiger charge is 2.35. The molecule has 0 bridgehead atoms. The zero-order chi connectivity index (χ0) is 23.7. The summed E-state index contributed by atoms with van der Waals surface area (Å²) in [5.41, 5.74) is 0.727. The summed E-state index contributed by atoms with van der Waals surface area (Å²) in [5, 5.41) is 11.7. The maximum atomic E-state index is 12.8. The quantitative estimate of drug-likeness (QED) is 0.217. The van der Waals surface area contributed by atoms with Gasteiger partial charge in [0.25, 0.3) is 16.8 Å². The smallest absolute Gasteiger partial charge is 0.293 e. The number of rotatable bonds is 6. The van der Waals surface area contributed by atoms with E-state index < -0.39 is 16.1 Å². The lowest BCUT2D eigenvalue weighted by Gasteiger charge is -2.12. The van der Waals surface area contributed by atoms with Crippen molar-refractivity contribution in [2.45, 2.75) is 6.54 Å². The summed E-state index contributed by atoms with van der Waals surface area (Å²) in [5.74, 6) is 0.373. The molecule has 1 aromatic heterocycles. The Labute approximate surface area is 201 Å². The van der Waals surface area contributed by atoms with Crippen molar-refractivity contribution in [1.82, 2.24) is 4.90 Å². The van der Waals surface area contributed by atoms with E-state index in [1.165, 1.54) is 25.3 Å². The lowest BCUT2D eigenvalue weighted by atomic mass is 10.1. The highest BCUT2D eigenvalue weighted by molar-refractivity contribution is 8.18. The summed E-state index contributed by atoms with van der Waals surface area (Å²) in [7, 11) is 1.41. The van der Waals surface area contributed by atoms with Gasteiger partial charge in [0.2, 0.25) is 0 Å². The van der Waals surface area contributed by atoms with Gasteiger partial charge in [-0.05, 0) is 53.7 Å². The van der Waals surface area contributed by atoms with E-state index in [0.29, 0.717) is 21.4 Å². The Kier molecular flexibility index (Phi) is 6.46. The van der Waals surface area contributed by atoms with Crippen molar-refractivity contribution in [2.24, 2.45) is 0 Å². The molecule has 1 saturated heterocycles. The van der Waals surface area contributed by atoms with Crippen LogP contribution in [0.5, 0.6) is 5.75 Å². The molecule has 2 heterocycles. The van der Waals surface area contributed by atoms with Crippen LogP contribution in [0.15, 0.2) is 57.9 Å². The van der Waals surface area contributed by atoms with Crippen LogP contribution < -0.4 is 4.74 Å². The first-order valence-electron chi connectivity index (χ1n) is 9.38. The van der Waals surface area contributed by atoms with E-state index in [-0.39, 0.29) is 34.2 Å². The Morgan fingerprint density at radius 2 is 1.91 bits per heavy atom. The first-order chi connectivity index (χ1) is 15.8. The van der Waals surface area contributed by atoms with Gasteiger partial charge >= 0.3 is 0 Å². The fourth-order valence-corrected chi connectivity index (χ4v) is 4.30. The zero-order valence-electron chi connectivity index (χ0n) is 16.9. The van der Waals surface area contributed by atoms with Gasteiger partial charge in [0.15, 0.2) is 0 Å². The molecule has 0 N–H and O–H groups in total. The van der Waals surface area contributed by atoms with Crippen LogP contribution in [0.25, 0.3) is 17.4 Å². The van der Waals surface area contributed by atoms with E-state index in [9.17, 15) is 19.7 Å². The maximum Gasteiger partial charge on any atom is 0.293 e. The highest BCUT2D eigenvalue weighted by atomic mass is 35.5. The Bertz CT molecular complexity index is 1320. The topological polar surface area (TPSA) is 103 Å². The van der Waals surface area contributed by atoms with Crippen LogP contribution in [0.4, 0.5) is 10.5 Å². The minimum absolute atomic E-state index is 0.0420. The Morgan fingerprint density at radius 3 is 2.61 bits per heavy atom. The van der Waals surface area contributed by atoms with Crippen LogP contribution in [0.3, 0.4) is 0 Å². The molecule has 1 aliphatic rings. The standard InChI is InChI=1S/C22H14Cl2N2O6S/c1-31-13-3-5-15(18(9-13)26(29)30)19-7-4-14(32-19)10-20-21(27)25(22(28)33-20)11-12-2-6-16(23)17(24)8-12/h2-10H,11H2,1H3/b20-10+. The maximum absolute atomic E-state index is 12.8. The number of hydrogen-bond donors (Lipinski definition) is 0. The monoisotopic (exact) mass is 504 g/mol. The molecule has 2 amide bonds. The van der Waals surface area contributed by atoms with Crippen LogP contribution in [0.1, 0.15) is 11.3 Å².